The number of fused-ring (bicyclic) bond motifs is 1. The Balaban J connectivity index is 0.00000180. The van der Waals surface area contributed by atoms with Gasteiger partial charge in [0.05, 0.1) is 16.8 Å². The van der Waals surface area contributed by atoms with E-state index in [1.54, 1.807) is 0 Å². The second kappa shape index (κ2) is 7.19. The molecule has 0 amide bonds. The van der Waals surface area contributed by atoms with Crippen LogP contribution in [0.25, 0.3) is 11.0 Å². The molecule has 0 saturated heterocycles. The summed E-state index contributed by atoms with van der Waals surface area (Å²) in [5, 5.41) is 0.467. The first-order chi connectivity index (χ1) is 8.58. The number of hydrogen-bond acceptors (Lipinski definition) is 4. The maximum absolute atomic E-state index is 12.1. The molecule has 2 aromatic rings. The van der Waals surface area contributed by atoms with Crippen LogP contribution in [0.5, 0.6) is 0 Å². The van der Waals surface area contributed by atoms with Crippen LogP contribution in [0.4, 0.5) is 0 Å². The number of thiol groups is 1. The van der Waals surface area contributed by atoms with Gasteiger partial charge < -0.3 is 4.98 Å². The summed E-state index contributed by atoms with van der Waals surface area (Å²) in [6, 6.07) is 7.46. The first kappa shape index (κ1) is 17.1. The Morgan fingerprint density at radius 3 is 2.68 bits per heavy atom. The molecule has 1 atom stereocenters. The van der Waals surface area contributed by atoms with Crippen molar-refractivity contribution in [2.24, 2.45) is 0 Å². The van der Waals surface area contributed by atoms with Crippen LogP contribution in [0.2, 0.25) is 0 Å². The molecule has 1 aromatic heterocycles. The number of hydrogen-bond donors (Lipinski definition) is 2. The van der Waals surface area contributed by atoms with E-state index in [0.717, 1.165) is 11.0 Å². The Labute approximate surface area is 142 Å². The molecule has 0 bridgehead atoms. The minimum atomic E-state index is -3.21. The van der Waals surface area contributed by atoms with Crippen LogP contribution in [0.3, 0.4) is 0 Å². The predicted octanol–water partition coefficient (Wildman–Crippen LogP) is 1.97. The molecule has 0 fully saturated rings. The van der Waals surface area contributed by atoms with E-state index < -0.39 is 18.8 Å². The predicted molar refractivity (Wildman–Crippen MR) is 88.2 cm³/mol. The molecule has 100 valence electrons. The van der Waals surface area contributed by atoms with Gasteiger partial charge in [0.25, 0.3) is 0 Å². The third kappa shape index (κ3) is 3.80. The third-order valence-electron chi connectivity index (χ3n) is 2.44. The van der Waals surface area contributed by atoms with Crippen molar-refractivity contribution in [1.29, 1.82) is 0 Å². The normalized spacial score (nSPS) is 13.8. The molecule has 0 aliphatic rings. The third-order valence-corrected chi connectivity index (χ3v) is 9.00. The molecule has 0 saturated carbocycles. The molecule has 19 heavy (non-hydrogen) atoms. The summed E-state index contributed by atoms with van der Waals surface area (Å²) < 4.78 is 25.6. The van der Waals surface area contributed by atoms with E-state index in [1.807, 2.05) is 31.2 Å². The van der Waals surface area contributed by atoms with Crippen LogP contribution in [0, 0.1) is 0 Å². The Bertz CT molecular complexity index is 636. The molecule has 1 N–H and O–H groups in total. The van der Waals surface area contributed by atoms with Crippen molar-refractivity contribution in [2.75, 3.05) is 5.75 Å². The molecule has 1 unspecified atom stereocenters. The second-order valence-electron chi connectivity index (χ2n) is 3.79. The average Bonchev–Trinajstić information content (AvgIpc) is 2.72. The standard InChI is InChI=1S/C11H14N2O2S3.Na.H/c1-2-7-18(14,15)17(8-16)11-12-9-5-3-4-6-10(9)13-11;;/h3-6,8,17H,2,7H2,1H3,(H,12,13);;. The van der Waals surface area contributed by atoms with E-state index in [4.69, 9.17) is 12.2 Å². The van der Waals surface area contributed by atoms with Gasteiger partial charge in [0, 0.05) is 4.70 Å². The molecular formula is C11H15N2NaO2S3. The minimum absolute atomic E-state index is 0. The van der Waals surface area contributed by atoms with Gasteiger partial charge in [0.15, 0.2) is 14.0 Å². The van der Waals surface area contributed by atoms with Gasteiger partial charge in [-0.05, 0) is 18.6 Å². The van der Waals surface area contributed by atoms with Gasteiger partial charge in [-0.2, -0.15) is 0 Å². The van der Waals surface area contributed by atoms with Crippen molar-refractivity contribution in [3.63, 3.8) is 0 Å². The van der Waals surface area contributed by atoms with Gasteiger partial charge >= 0.3 is 29.6 Å². The van der Waals surface area contributed by atoms with Crippen molar-refractivity contribution in [3.05, 3.63) is 24.3 Å². The number of nitrogens with one attached hydrogen (secondary N) is 1. The molecular weight excluding hydrogens is 311 g/mol. The molecule has 2 rings (SSSR count). The fourth-order valence-electron chi connectivity index (χ4n) is 1.65. The van der Waals surface area contributed by atoms with Crippen molar-refractivity contribution in [2.45, 2.75) is 18.5 Å². The van der Waals surface area contributed by atoms with Gasteiger partial charge in [-0.3, -0.25) is 0 Å². The monoisotopic (exact) mass is 326 g/mol. The number of imidazole rings is 1. The maximum atomic E-state index is 12.1. The summed E-state index contributed by atoms with van der Waals surface area (Å²) in [7, 11) is -4.77. The second-order valence-corrected chi connectivity index (χ2v) is 10.1. The summed E-state index contributed by atoms with van der Waals surface area (Å²) in [4.78, 5) is 7.38. The van der Waals surface area contributed by atoms with Gasteiger partial charge in [0.1, 0.15) is 0 Å². The zero-order valence-electron chi connectivity index (χ0n) is 9.83. The summed E-state index contributed by atoms with van der Waals surface area (Å²) >= 11 is 4.89. The number of nitrogens with zero attached hydrogens (tertiary/aromatic N) is 1. The van der Waals surface area contributed by atoms with Gasteiger partial charge in [-0.25, -0.2) is 13.4 Å². The van der Waals surface area contributed by atoms with Gasteiger partial charge in [0.2, 0.25) is 0 Å². The fourth-order valence-corrected chi connectivity index (χ4v) is 7.35. The van der Waals surface area contributed by atoms with Crippen LogP contribution < -0.4 is 0 Å². The van der Waals surface area contributed by atoms with Crippen LogP contribution in [-0.2, 0) is 8.87 Å². The first-order valence-electron chi connectivity index (χ1n) is 5.50. The Morgan fingerprint density at radius 1 is 1.42 bits per heavy atom. The zero-order valence-corrected chi connectivity index (χ0v) is 12.4. The van der Waals surface area contributed by atoms with E-state index >= 15 is 0 Å². The number of thiocarbonyl (C=S) groups is 1. The molecule has 0 aliphatic heterocycles. The van der Waals surface area contributed by atoms with Crippen LogP contribution in [0.1, 0.15) is 13.3 Å². The Morgan fingerprint density at radius 2 is 2.11 bits per heavy atom. The number of para-hydroxylation sites is 2. The number of rotatable bonds is 5. The summed E-state index contributed by atoms with van der Waals surface area (Å²) in [6.07, 6.45) is 0.588. The topological polar surface area (TPSA) is 62.8 Å². The number of H-pyrrole nitrogens is 1. The van der Waals surface area contributed by atoms with Crippen LogP contribution in [0.15, 0.2) is 29.4 Å². The van der Waals surface area contributed by atoms with Crippen molar-refractivity contribution < 1.29 is 8.42 Å². The van der Waals surface area contributed by atoms with E-state index in [2.05, 4.69) is 9.97 Å². The summed E-state index contributed by atoms with van der Waals surface area (Å²) in [5.41, 5.74) is 1.60. The molecule has 1 heterocycles. The fraction of sp³-hybridized carbons (Fsp3) is 0.273. The summed E-state index contributed by atoms with van der Waals surface area (Å²) in [5.74, 6) is 0.142. The molecule has 4 nitrogen and oxygen atoms in total. The first-order valence-corrected chi connectivity index (χ1v) is 9.64. The molecule has 8 heteroatoms. The average molecular weight is 326 g/mol. The zero-order chi connectivity index (χ0) is 13.2. The molecule has 1 aromatic carbocycles. The summed E-state index contributed by atoms with van der Waals surface area (Å²) in [6.45, 7) is 1.84. The Kier molecular flexibility index (Phi) is 6.49. The van der Waals surface area contributed by atoms with E-state index in [-0.39, 0.29) is 35.3 Å². The quantitative estimate of drug-likeness (QED) is 0.382. The van der Waals surface area contributed by atoms with Crippen molar-refractivity contribution >= 4 is 76.3 Å². The van der Waals surface area contributed by atoms with E-state index in [1.165, 1.54) is 4.70 Å². The van der Waals surface area contributed by atoms with Crippen LogP contribution in [-0.4, -0.2) is 58.4 Å². The van der Waals surface area contributed by atoms with Crippen LogP contribution >= 0.6 is 22.1 Å². The number of aromatic amines is 1. The van der Waals surface area contributed by atoms with E-state index in [9.17, 15) is 8.42 Å². The molecule has 0 aliphatic carbocycles. The molecule has 0 radical (unpaired) electrons. The van der Waals surface area contributed by atoms with Crippen molar-refractivity contribution in [3.8, 4) is 0 Å². The van der Waals surface area contributed by atoms with E-state index in [0.29, 0.717) is 11.6 Å². The Hall–Kier alpha value is 0.0800. The van der Waals surface area contributed by atoms with Crippen molar-refractivity contribution in [1.82, 2.24) is 9.97 Å². The number of benzene rings is 1. The van der Waals surface area contributed by atoms with Gasteiger partial charge in [-0.1, -0.05) is 41.2 Å². The SMILES string of the molecule is CCCS(=O)(=O)[SH](C=S)c1nc2ccccc2[nH]1.[NaH]. The molecule has 0 spiro atoms. The van der Waals surface area contributed by atoms with Gasteiger partial charge in [-0.15, -0.1) is 0 Å². The number of aromatic nitrogens is 2.